The number of carbonyl (C=O) groups excluding carboxylic acids is 1. The first-order valence-corrected chi connectivity index (χ1v) is 8.74. The van der Waals surface area contributed by atoms with Gasteiger partial charge in [-0.2, -0.15) is 5.10 Å². The Balaban J connectivity index is 1.56. The van der Waals surface area contributed by atoms with E-state index in [1.807, 2.05) is 28.8 Å². The average Bonchev–Trinajstić information content (AvgIpc) is 3.23. The van der Waals surface area contributed by atoms with Crippen molar-refractivity contribution < 1.29 is 4.79 Å². The van der Waals surface area contributed by atoms with Crippen molar-refractivity contribution in [3.63, 3.8) is 0 Å². The Hall–Kier alpha value is -3.68. The molecule has 27 heavy (non-hydrogen) atoms. The molecule has 8 nitrogen and oxygen atoms in total. The largest absolute Gasteiger partial charge is 0.366 e. The molecule has 1 fully saturated rings. The Morgan fingerprint density at radius 1 is 1.26 bits per heavy atom. The Morgan fingerprint density at radius 2 is 2.15 bits per heavy atom. The van der Waals surface area contributed by atoms with Crippen molar-refractivity contribution in [2.24, 2.45) is 5.73 Å². The van der Waals surface area contributed by atoms with Gasteiger partial charge < -0.3 is 11.1 Å². The molecule has 1 aliphatic carbocycles. The summed E-state index contributed by atoms with van der Waals surface area (Å²) >= 11 is 0. The molecular formula is C19H17N7O. The number of imidazole rings is 1. The van der Waals surface area contributed by atoms with Gasteiger partial charge in [0.2, 0.25) is 11.9 Å². The standard InChI is InChI=1S/C19H17N7O/c20-18(27)13-3-1-2-12(8-13)14-10-17-21-6-7-26(17)19(22-14)23-16-9-15(24-25-16)11-4-5-11/h1-3,6-11H,4-5H2,(H2,20,27)(H2,22,23,24,25). The van der Waals surface area contributed by atoms with Gasteiger partial charge in [-0.25, -0.2) is 9.97 Å². The minimum atomic E-state index is -0.471. The van der Waals surface area contributed by atoms with Crippen molar-refractivity contribution in [2.75, 3.05) is 5.32 Å². The zero-order valence-electron chi connectivity index (χ0n) is 14.4. The van der Waals surface area contributed by atoms with Gasteiger partial charge in [0, 0.05) is 47.3 Å². The molecule has 0 unspecified atom stereocenters. The average molecular weight is 359 g/mol. The summed E-state index contributed by atoms with van der Waals surface area (Å²) in [6, 6.07) is 11.0. The van der Waals surface area contributed by atoms with E-state index in [-0.39, 0.29) is 0 Å². The number of carbonyl (C=O) groups is 1. The van der Waals surface area contributed by atoms with Gasteiger partial charge in [0.1, 0.15) is 5.65 Å². The molecule has 4 N–H and O–H groups in total. The monoisotopic (exact) mass is 359 g/mol. The zero-order chi connectivity index (χ0) is 18.4. The van der Waals surface area contributed by atoms with Gasteiger partial charge in [0.05, 0.1) is 5.69 Å². The van der Waals surface area contributed by atoms with Crippen LogP contribution in [0.25, 0.3) is 16.9 Å². The smallest absolute Gasteiger partial charge is 0.248 e. The summed E-state index contributed by atoms with van der Waals surface area (Å²) in [5, 5.41) is 10.7. The summed E-state index contributed by atoms with van der Waals surface area (Å²) in [7, 11) is 0. The van der Waals surface area contributed by atoms with Crippen LogP contribution in [-0.2, 0) is 0 Å². The molecule has 134 valence electrons. The summed E-state index contributed by atoms with van der Waals surface area (Å²) in [6.45, 7) is 0. The number of aromatic nitrogens is 5. The Labute approximate surface area is 154 Å². The van der Waals surface area contributed by atoms with Crippen molar-refractivity contribution in [1.82, 2.24) is 24.6 Å². The number of rotatable bonds is 5. The van der Waals surface area contributed by atoms with E-state index in [4.69, 9.17) is 10.7 Å². The molecule has 0 saturated heterocycles. The molecule has 1 amide bonds. The van der Waals surface area contributed by atoms with Gasteiger partial charge >= 0.3 is 0 Å². The number of anilines is 2. The van der Waals surface area contributed by atoms with Crippen LogP contribution in [0.2, 0.25) is 0 Å². The maximum Gasteiger partial charge on any atom is 0.248 e. The van der Waals surface area contributed by atoms with Crippen molar-refractivity contribution >= 4 is 23.3 Å². The zero-order valence-corrected chi connectivity index (χ0v) is 14.4. The number of H-pyrrole nitrogens is 1. The third-order valence-corrected chi connectivity index (χ3v) is 4.69. The fraction of sp³-hybridized carbons (Fsp3) is 0.158. The quantitative estimate of drug-likeness (QED) is 0.507. The van der Waals surface area contributed by atoms with Crippen molar-refractivity contribution in [2.45, 2.75) is 18.8 Å². The van der Waals surface area contributed by atoms with E-state index in [1.54, 1.807) is 24.4 Å². The van der Waals surface area contributed by atoms with Gasteiger partial charge in [0.25, 0.3) is 0 Å². The van der Waals surface area contributed by atoms with E-state index in [9.17, 15) is 4.79 Å². The molecule has 1 saturated carbocycles. The van der Waals surface area contributed by atoms with Crippen LogP contribution < -0.4 is 11.1 Å². The number of benzene rings is 1. The van der Waals surface area contributed by atoms with Crippen molar-refractivity contribution in [3.8, 4) is 11.3 Å². The molecule has 5 rings (SSSR count). The van der Waals surface area contributed by atoms with Crippen molar-refractivity contribution in [3.05, 3.63) is 60.0 Å². The second-order valence-corrected chi connectivity index (χ2v) is 6.67. The Bertz CT molecular complexity index is 1160. The number of nitrogens with zero attached hydrogens (tertiary/aromatic N) is 4. The molecule has 0 bridgehead atoms. The third-order valence-electron chi connectivity index (χ3n) is 4.69. The minimum Gasteiger partial charge on any atom is -0.366 e. The van der Waals surface area contributed by atoms with E-state index < -0.39 is 5.91 Å². The number of aromatic amines is 1. The number of primary amides is 1. The number of hydrogen-bond acceptors (Lipinski definition) is 5. The van der Waals surface area contributed by atoms with Gasteiger partial charge in [-0.3, -0.25) is 14.3 Å². The predicted molar refractivity (Wildman–Crippen MR) is 101 cm³/mol. The number of nitrogens with one attached hydrogen (secondary N) is 2. The summed E-state index contributed by atoms with van der Waals surface area (Å²) < 4.78 is 1.85. The second-order valence-electron chi connectivity index (χ2n) is 6.67. The van der Waals surface area contributed by atoms with Crippen molar-refractivity contribution in [1.29, 1.82) is 0 Å². The fourth-order valence-corrected chi connectivity index (χ4v) is 3.11. The SMILES string of the molecule is NC(=O)c1cccc(-c2cc3nccn3c(Nc3cc(C4CC4)[nH]n3)n2)c1. The van der Waals surface area contributed by atoms with E-state index >= 15 is 0 Å². The molecule has 8 heteroatoms. The van der Waals surface area contributed by atoms with Crippen LogP contribution in [0.3, 0.4) is 0 Å². The third kappa shape index (κ3) is 2.91. The number of fused-ring (bicyclic) bond motifs is 1. The first-order valence-electron chi connectivity index (χ1n) is 8.74. The summed E-state index contributed by atoms with van der Waals surface area (Å²) in [4.78, 5) is 20.6. The maximum atomic E-state index is 11.5. The fourth-order valence-electron chi connectivity index (χ4n) is 3.11. The van der Waals surface area contributed by atoms with Crippen LogP contribution >= 0.6 is 0 Å². The van der Waals surface area contributed by atoms with E-state index in [0.29, 0.717) is 28.9 Å². The first kappa shape index (κ1) is 15.6. The molecule has 3 heterocycles. The second kappa shape index (κ2) is 5.94. The normalized spacial score (nSPS) is 13.8. The van der Waals surface area contributed by atoms with Crippen LogP contribution in [0.15, 0.2) is 48.8 Å². The number of amides is 1. The van der Waals surface area contributed by atoms with Gasteiger partial charge in [0.15, 0.2) is 5.82 Å². The lowest BCUT2D eigenvalue weighted by Gasteiger charge is -2.09. The summed E-state index contributed by atoms with van der Waals surface area (Å²) in [5.74, 6) is 1.43. The maximum absolute atomic E-state index is 11.5. The number of hydrogen-bond donors (Lipinski definition) is 3. The molecule has 3 aromatic heterocycles. The lowest BCUT2D eigenvalue weighted by Crippen LogP contribution is -2.10. The van der Waals surface area contributed by atoms with E-state index in [2.05, 4.69) is 20.5 Å². The van der Waals surface area contributed by atoms with Gasteiger partial charge in [-0.1, -0.05) is 12.1 Å². The molecule has 0 aliphatic heterocycles. The van der Waals surface area contributed by atoms with Crippen LogP contribution in [0.4, 0.5) is 11.8 Å². The Kier molecular flexibility index (Phi) is 3.43. The lowest BCUT2D eigenvalue weighted by molar-refractivity contribution is 0.100. The molecule has 1 aliphatic rings. The lowest BCUT2D eigenvalue weighted by atomic mass is 10.1. The summed E-state index contributed by atoms with van der Waals surface area (Å²) in [5.41, 5.74) is 9.21. The molecule has 0 atom stereocenters. The van der Waals surface area contributed by atoms with Gasteiger partial charge in [-0.05, 0) is 25.0 Å². The van der Waals surface area contributed by atoms with E-state index in [0.717, 1.165) is 16.9 Å². The highest BCUT2D eigenvalue weighted by atomic mass is 16.1. The van der Waals surface area contributed by atoms with Crippen LogP contribution in [0.5, 0.6) is 0 Å². The van der Waals surface area contributed by atoms with E-state index in [1.165, 1.54) is 12.8 Å². The molecule has 1 aromatic carbocycles. The highest BCUT2D eigenvalue weighted by Gasteiger charge is 2.25. The molecule has 0 radical (unpaired) electrons. The Morgan fingerprint density at radius 3 is 2.96 bits per heavy atom. The first-order chi connectivity index (χ1) is 13.2. The molecule has 0 spiro atoms. The van der Waals surface area contributed by atoms with Crippen LogP contribution in [0.1, 0.15) is 34.8 Å². The van der Waals surface area contributed by atoms with Crippen LogP contribution in [-0.4, -0.2) is 30.5 Å². The topological polar surface area (TPSA) is 114 Å². The summed E-state index contributed by atoms with van der Waals surface area (Å²) in [6.07, 6.45) is 5.96. The number of nitrogens with two attached hydrogens (primary N) is 1. The molecular weight excluding hydrogens is 342 g/mol. The minimum absolute atomic E-state index is 0.438. The van der Waals surface area contributed by atoms with Gasteiger partial charge in [-0.15, -0.1) is 0 Å². The predicted octanol–water partition coefficient (Wildman–Crippen LogP) is 2.84. The van der Waals surface area contributed by atoms with Crippen LogP contribution in [0, 0.1) is 0 Å². The molecule has 4 aromatic rings. The highest BCUT2D eigenvalue weighted by Crippen LogP contribution is 2.39. The highest BCUT2D eigenvalue weighted by molar-refractivity contribution is 5.94.